The largest absolute Gasteiger partial charge is 0.383 e. The van der Waals surface area contributed by atoms with Gasteiger partial charge in [0.2, 0.25) is 0 Å². The minimum atomic E-state index is -1.31. The summed E-state index contributed by atoms with van der Waals surface area (Å²) in [4.78, 5) is 0. The van der Waals surface area contributed by atoms with Gasteiger partial charge in [-0.05, 0) is 41.7 Å². The number of halogens is 3. The van der Waals surface area contributed by atoms with E-state index in [0.29, 0.717) is 10.0 Å². The maximum Gasteiger partial charge on any atom is 0.133 e. The number of hydrogen-bond acceptors (Lipinski definition) is 1. The fourth-order valence-corrected chi connectivity index (χ4v) is 2.87. The van der Waals surface area contributed by atoms with E-state index in [1.807, 2.05) is 19.1 Å². The van der Waals surface area contributed by atoms with Gasteiger partial charge in [0.05, 0.1) is 5.56 Å². The Bertz CT molecular complexity index is 632. The van der Waals surface area contributed by atoms with E-state index in [-0.39, 0.29) is 5.56 Å². The Labute approximate surface area is 131 Å². The predicted molar refractivity (Wildman–Crippen MR) is 83.3 cm³/mol. The number of aliphatic hydroxyl groups is 1. The summed E-state index contributed by atoms with van der Waals surface area (Å²) >= 11 is 3.03. The van der Waals surface area contributed by atoms with Gasteiger partial charge in [0.25, 0.3) is 0 Å². The Balaban J connectivity index is 2.47. The average molecular weight is 355 g/mol. The van der Waals surface area contributed by atoms with Crippen molar-refractivity contribution >= 4 is 15.9 Å². The van der Waals surface area contributed by atoms with E-state index in [2.05, 4.69) is 22.9 Å². The Kier molecular flexibility index (Phi) is 5.12. The second kappa shape index (κ2) is 6.67. The highest BCUT2D eigenvalue weighted by Gasteiger charge is 2.21. The lowest BCUT2D eigenvalue weighted by molar-refractivity contribution is 0.209. The minimum Gasteiger partial charge on any atom is -0.383 e. The van der Waals surface area contributed by atoms with Gasteiger partial charge in [-0.1, -0.05) is 48.0 Å². The van der Waals surface area contributed by atoms with Crippen molar-refractivity contribution in [3.8, 4) is 0 Å². The zero-order valence-electron chi connectivity index (χ0n) is 12.0. The molecule has 0 fully saturated rings. The molecule has 21 heavy (non-hydrogen) atoms. The molecule has 0 radical (unpaired) electrons. The molecular weight excluding hydrogens is 338 g/mol. The first-order chi connectivity index (χ1) is 9.97. The Morgan fingerprint density at radius 2 is 1.57 bits per heavy atom. The Hall–Kier alpha value is -1.26. The van der Waals surface area contributed by atoms with Crippen molar-refractivity contribution in [3.63, 3.8) is 0 Å². The molecule has 112 valence electrons. The number of benzene rings is 2. The maximum atomic E-state index is 13.9. The van der Waals surface area contributed by atoms with Gasteiger partial charge in [-0.3, -0.25) is 0 Å². The van der Waals surface area contributed by atoms with Crippen LogP contribution in [0.25, 0.3) is 0 Å². The molecule has 0 spiro atoms. The average Bonchev–Trinajstić information content (AvgIpc) is 2.45. The van der Waals surface area contributed by atoms with E-state index in [4.69, 9.17) is 0 Å². The molecule has 2 aromatic rings. The molecule has 2 rings (SSSR count). The SMILES string of the molecule is CCc1ccc(C(O)c2c(F)cc(Br)cc2F)cc1CC. The Morgan fingerprint density at radius 3 is 2.10 bits per heavy atom. The number of rotatable bonds is 4. The van der Waals surface area contributed by atoms with Crippen LogP contribution < -0.4 is 0 Å². The van der Waals surface area contributed by atoms with E-state index in [1.54, 1.807) is 6.07 Å². The summed E-state index contributed by atoms with van der Waals surface area (Å²) in [6.07, 6.45) is 0.393. The molecule has 0 aliphatic rings. The van der Waals surface area contributed by atoms with Gasteiger partial charge < -0.3 is 5.11 Å². The van der Waals surface area contributed by atoms with Crippen LogP contribution >= 0.6 is 15.9 Å². The van der Waals surface area contributed by atoms with Crippen molar-refractivity contribution in [3.05, 3.63) is 68.7 Å². The van der Waals surface area contributed by atoms with Crippen LogP contribution in [-0.4, -0.2) is 5.11 Å². The quantitative estimate of drug-likeness (QED) is 0.824. The van der Waals surface area contributed by atoms with Gasteiger partial charge in [0.1, 0.15) is 17.7 Å². The van der Waals surface area contributed by atoms with E-state index in [1.165, 1.54) is 5.56 Å². The lowest BCUT2D eigenvalue weighted by Gasteiger charge is -2.16. The highest BCUT2D eigenvalue weighted by Crippen LogP contribution is 2.30. The third kappa shape index (κ3) is 3.33. The molecule has 0 aliphatic carbocycles. The van der Waals surface area contributed by atoms with Crippen molar-refractivity contribution in [2.75, 3.05) is 0 Å². The fraction of sp³-hybridized carbons (Fsp3) is 0.294. The lowest BCUT2D eigenvalue weighted by atomic mass is 9.94. The van der Waals surface area contributed by atoms with Gasteiger partial charge in [0, 0.05) is 4.47 Å². The third-order valence-corrected chi connectivity index (χ3v) is 4.08. The molecule has 0 heterocycles. The molecule has 2 aromatic carbocycles. The molecular formula is C17H17BrF2O. The summed E-state index contributed by atoms with van der Waals surface area (Å²) in [5.74, 6) is -1.51. The first-order valence-electron chi connectivity index (χ1n) is 6.92. The number of aliphatic hydroxyl groups excluding tert-OH is 1. The van der Waals surface area contributed by atoms with Crippen molar-refractivity contribution in [2.24, 2.45) is 0 Å². The van der Waals surface area contributed by atoms with Crippen LogP contribution in [0.4, 0.5) is 8.78 Å². The smallest absolute Gasteiger partial charge is 0.133 e. The summed E-state index contributed by atoms with van der Waals surface area (Å²) in [5, 5.41) is 10.3. The standard InChI is InChI=1S/C17H17BrF2O/c1-3-10-5-6-12(7-11(10)4-2)17(21)16-14(19)8-13(18)9-15(16)20/h5-9,17,21H,3-4H2,1-2H3. The topological polar surface area (TPSA) is 20.2 Å². The molecule has 0 aliphatic heterocycles. The molecule has 1 nitrogen and oxygen atoms in total. The highest BCUT2D eigenvalue weighted by molar-refractivity contribution is 9.10. The molecule has 0 bridgehead atoms. The van der Waals surface area contributed by atoms with Crippen molar-refractivity contribution in [2.45, 2.75) is 32.8 Å². The molecule has 1 atom stereocenters. The maximum absolute atomic E-state index is 13.9. The predicted octanol–water partition coefficient (Wildman–Crippen LogP) is 4.93. The fourth-order valence-electron chi connectivity index (χ4n) is 2.47. The first-order valence-corrected chi connectivity index (χ1v) is 7.71. The Morgan fingerprint density at radius 1 is 1.00 bits per heavy atom. The van der Waals surface area contributed by atoms with Crippen LogP contribution in [0.15, 0.2) is 34.8 Å². The minimum absolute atomic E-state index is 0.309. The zero-order valence-corrected chi connectivity index (χ0v) is 13.5. The van der Waals surface area contributed by atoms with E-state index < -0.39 is 17.7 Å². The highest BCUT2D eigenvalue weighted by atomic mass is 79.9. The molecule has 4 heteroatoms. The molecule has 0 aromatic heterocycles. The van der Waals surface area contributed by atoms with Crippen LogP contribution in [0.5, 0.6) is 0 Å². The summed E-state index contributed by atoms with van der Waals surface area (Å²) in [6, 6.07) is 7.77. The van der Waals surface area contributed by atoms with Crippen LogP contribution in [-0.2, 0) is 12.8 Å². The summed E-state index contributed by atoms with van der Waals surface area (Å²) < 4.78 is 28.2. The number of hydrogen-bond donors (Lipinski definition) is 1. The van der Waals surface area contributed by atoms with E-state index in [9.17, 15) is 13.9 Å². The van der Waals surface area contributed by atoms with Crippen molar-refractivity contribution in [1.82, 2.24) is 0 Å². The van der Waals surface area contributed by atoms with Gasteiger partial charge >= 0.3 is 0 Å². The molecule has 0 saturated heterocycles. The monoisotopic (exact) mass is 354 g/mol. The van der Waals surface area contributed by atoms with Crippen LogP contribution in [0, 0.1) is 11.6 Å². The van der Waals surface area contributed by atoms with Crippen LogP contribution in [0.3, 0.4) is 0 Å². The second-order valence-corrected chi connectivity index (χ2v) is 5.84. The lowest BCUT2D eigenvalue weighted by Crippen LogP contribution is -2.07. The molecule has 0 amide bonds. The summed E-state index contributed by atoms with van der Waals surface area (Å²) in [5.41, 5.74) is 2.46. The molecule has 1 N–H and O–H groups in total. The van der Waals surface area contributed by atoms with Crippen molar-refractivity contribution < 1.29 is 13.9 Å². The molecule has 0 saturated carbocycles. The summed E-state index contributed by atoms with van der Waals surface area (Å²) in [7, 11) is 0. The van der Waals surface area contributed by atoms with E-state index in [0.717, 1.165) is 30.5 Å². The zero-order chi connectivity index (χ0) is 15.6. The third-order valence-electron chi connectivity index (χ3n) is 3.63. The van der Waals surface area contributed by atoms with Crippen molar-refractivity contribution in [1.29, 1.82) is 0 Å². The van der Waals surface area contributed by atoms with E-state index >= 15 is 0 Å². The first kappa shape index (κ1) is 16.1. The van der Waals surface area contributed by atoms with Gasteiger partial charge in [-0.2, -0.15) is 0 Å². The normalized spacial score (nSPS) is 12.5. The molecule has 1 unspecified atom stereocenters. The second-order valence-electron chi connectivity index (χ2n) is 4.92. The van der Waals surface area contributed by atoms with Gasteiger partial charge in [-0.25, -0.2) is 8.78 Å². The van der Waals surface area contributed by atoms with Crippen LogP contribution in [0.1, 0.15) is 42.2 Å². The van der Waals surface area contributed by atoms with Gasteiger partial charge in [-0.15, -0.1) is 0 Å². The summed E-state index contributed by atoms with van der Waals surface area (Å²) in [6.45, 7) is 4.07. The van der Waals surface area contributed by atoms with Crippen LogP contribution in [0.2, 0.25) is 0 Å². The number of aryl methyl sites for hydroxylation is 2. The van der Waals surface area contributed by atoms with Gasteiger partial charge in [0.15, 0.2) is 0 Å².